The van der Waals surface area contributed by atoms with E-state index in [1.165, 1.54) is 17.3 Å². The lowest BCUT2D eigenvalue weighted by Crippen LogP contribution is -2.25. The minimum Gasteiger partial charge on any atom is -0.402 e. The van der Waals surface area contributed by atoms with Gasteiger partial charge in [0.25, 0.3) is 5.56 Å². The van der Waals surface area contributed by atoms with Gasteiger partial charge in [-0.05, 0) is 24.1 Å². The zero-order valence-electron chi connectivity index (χ0n) is 18.2. The van der Waals surface area contributed by atoms with Gasteiger partial charge in [0.1, 0.15) is 5.82 Å². The molecular weight excluding hydrogens is 463 g/mol. The molecule has 0 saturated heterocycles. The Kier molecular flexibility index (Phi) is 7.32. The molecule has 0 fully saturated rings. The summed E-state index contributed by atoms with van der Waals surface area (Å²) in [5.41, 5.74) is -0.910. The monoisotopic (exact) mass is 484 g/mol. The Bertz CT molecular complexity index is 1260. The van der Waals surface area contributed by atoms with Gasteiger partial charge < -0.3 is 9.72 Å². The quantitative estimate of drug-likeness (QED) is 0.278. The second-order valence-electron chi connectivity index (χ2n) is 7.30. The number of benzene rings is 1. The van der Waals surface area contributed by atoms with Crippen LogP contribution in [0.1, 0.15) is 30.3 Å². The number of hydrazone groups is 1. The van der Waals surface area contributed by atoms with Crippen LogP contribution in [0.4, 0.5) is 22.0 Å². The number of nitrogens with zero attached hydrogens (tertiary/aromatic N) is 5. The highest BCUT2D eigenvalue weighted by Crippen LogP contribution is 2.29. The lowest BCUT2D eigenvalue weighted by molar-refractivity contribution is -0.137. The number of aromatic nitrogens is 4. The Labute approximate surface area is 190 Å². The van der Waals surface area contributed by atoms with Crippen molar-refractivity contribution in [1.82, 2.24) is 24.5 Å². The van der Waals surface area contributed by atoms with Gasteiger partial charge >= 0.3 is 18.8 Å². The predicted octanol–water partition coefficient (Wildman–Crippen LogP) is 4.28. The zero-order valence-corrected chi connectivity index (χ0v) is 18.2. The second kappa shape index (κ2) is 10.0. The topological polar surface area (TPSA) is 88.4 Å². The van der Waals surface area contributed by atoms with Gasteiger partial charge in [-0.25, -0.2) is 4.98 Å². The molecule has 0 unspecified atom stereocenters. The van der Waals surface area contributed by atoms with Crippen LogP contribution in [0.2, 0.25) is 0 Å². The van der Waals surface area contributed by atoms with E-state index in [0.29, 0.717) is 12.0 Å². The molecule has 0 saturated carbocycles. The van der Waals surface area contributed by atoms with Gasteiger partial charge in [0.2, 0.25) is 0 Å². The Morgan fingerprint density at radius 1 is 1.35 bits per heavy atom. The summed E-state index contributed by atoms with van der Waals surface area (Å²) in [5, 5.41) is 5.52. The van der Waals surface area contributed by atoms with Crippen LogP contribution in [-0.2, 0) is 19.3 Å². The van der Waals surface area contributed by atoms with E-state index in [1.54, 1.807) is 20.0 Å². The third kappa shape index (κ3) is 5.77. The van der Waals surface area contributed by atoms with Gasteiger partial charge in [0, 0.05) is 19.2 Å². The van der Waals surface area contributed by atoms with E-state index in [9.17, 15) is 26.7 Å². The Morgan fingerprint density at radius 2 is 2.09 bits per heavy atom. The van der Waals surface area contributed by atoms with E-state index in [4.69, 9.17) is 0 Å². The van der Waals surface area contributed by atoms with Crippen LogP contribution >= 0.6 is 0 Å². The van der Waals surface area contributed by atoms with Crippen molar-refractivity contribution in [2.24, 2.45) is 5.10 Å². The molecule has 13 heteroatoms. The molecule has 1 aromatic carbocycles. The lowest BCUT2D eigenvalue weighted by Gasteiger charge is -2.14. The van der Waals surface area contributed by atoms with Crippen molar-refractivity contribution in [2.45, 2.75) is 39.2 Å². The maximum atomic E-state index is 12.9. The van der Waals surface area contributed by atoms with Gasteiger partial charge in [-0.15, -0.1) is 0 Å². The van der Waals surface area contributed by atoms with Gasteiger partial charge in [0.15, 0.2) is 11.2 Å². The summed E-state index contributed by atoms with van der Waals surface area (Å²) in [6.45, 7) is 2.59. The van der Waals surface area contributed by atoms with E-state index in [1.807, 2.05) is 0 Å². The number of nitrogens with one attached hydrogen (secondary N) is 1. The second-order valence-corrected chi connectivity index (χ2v) is 7.30. The third-order valence-electron chi connectivity index (χ3n) is 4.60. The van der Waals surface area contributed by atoms with Gasteiger partial charge in [0.05, 0.1) is 18.3 Å². The molecule has 182 valence electrons. The van der Waals surface area contributed by atoms with Crippen LogP contribution in [0.3, 0.4) is 0 Å². The maximum Gasteiger partial charge on any atom is 0.416 e. The molecular formula is C21H21F5N6O2. The number of alkyl halides is 5. The molecule has 0 aliphatic rings. The molecule has 3 aromatic rings. The van der Waals surface area contributed by atoms with Gasteiger partial charge in [-0.1, -0.05) is 25.6 Å². The normalized spacial score (nSPS) is 12.1. The van der Waals surface area contributed by atoms with Crippen molar-refractivity contribution < 1.29 is 26.7 Å². The summed E-state index contributed by atoms with van der Waals surface area (Å²) in [6.07, 6.45) is -2.67. The number of H-pyrrole nitrogens is 1. The summed E-state index contributed by atoms with van der Waals surface area (Å²) < 4.78 is 69.4. The van der Waals surface area contributed by atoms with Crippen molar-refractivity contribution in [3.8, 4) is 6.01 Å². The number of rotatable bonds is 9. The van der Waals surface area contributed by atoms with Gasteiger partial charge in [-0.3, -0.25) is 14.4 Å². The fraction of sp³-hybridized carbons (Fsp3) is 0.333. The first kappa shape index (κ1) is 24.9. The van der Waals surface area contributed by atoms with Crippen LogP contribution in [0.5, 0.6) is 6.01 Å². The van der Waals surface area contributed by atoms with Crippen LogP contribution in [-0.4, -0.2) is 44.4 Å². The smallest absolute Gasteiger partial charge is 0.402 e. The van der Waals surface area contributed by atoms with Crippen LogP contribution in [0.25, 0.3) is 16.7 Å². The molecule has 0 radical (unpaired) electrons. The van der Waals surface area contributed by atoms with E-state index in [-0.39, 0.29) is 35.7 Å². The Morgan fingerprint density at radius 3 is 2.74 bits per heavy atom. The number of halogens is 5. The van der Waals surface area contributed by atoms with Crippen LogP contribution in [0, 0.1) is 0 Å². The third-order valence-corrected chi connectivity index (χ3v) is 4.60. The van der Waals surface area contributed by atoms with Crippen molar-refractivity contribution in [1.29, 1.82) is 0 Å². The molecule has 0 atom stereocenters. The average molecular weight is 484 g/mol. The highest BCUT2D eigenvalue weighted by atomic mass is 19.4. The fourth-order valence-corrected chi connectivity index (χ4v) is 3.09. The maximum absolute atomic E-state index is 12.9. The van der Waals surface area contributed by atoms with Gasteiger partial charge in [-0.2, -0.15) is 32.0 Å². The highest BCUT2D eigenvalue weighted by molar-refractivity contribution is 6.07. The molecule has 2 heterocycles. The first-order valence-corrected chi connectivity index (χ1v) is 10.1. The SMILES string of the molecule is C=C(/C=N\N(C)Cc1cccc(C(F)(F)F)c1)c1nc2nc(OC(F)F)n(CCC)c(=O)c2[nH]1. The summed E-state index contributed by atoms with van der Waals surface area (Å²) >= 11 is 0. The average Bonchev–Trinajstić information content (AvgIpc) is 3.18. The highest BCUT2D eigenvalue weighted by Gasteiger charge is 2.30. The van der Waals surface area contributed by atoms with E-state index < -0.39 is 29.9 Å². The standard InChI is InChI=1S/C21H21F5N6O2/c1-4-8-32-18(33)15-17(30-20(32)34-19(22)23)29-16(28-15)12(2)10-27-31(3)11-13-6-5-7-14(9-13)21(24,25)26/h5-7,9-10,19H,2,4,8,11H2,1,3H3,(H,28,29)/b27-10-. The van der Waals surface area contributed by atoms with E-state index in [2.05, 4.69) is 31.4 Å². The Hall–Kier alpha value is -3.77. The molecule has 0 aliphatic carbocycles. The summed E-state index contributed by atoms with van der Waals surface area (Å²) in [6, 6.07) is 4.32. The molecule has 2 aromatic heterocycles. The molecule has 0 aliphatic heterocycles. The molecule has 0 bridgehead atoms. The number of hydrogen-bond acceptors (Lipinski definition) is 6. The summed E-state index contributed by atoms with van der Waals surface area (Å²) in [7, 11) is 1.56. The number of imidazole rings is 1. The van der Waals surface area contributed by atoms with E-state index >= 15 is 0 Å². The molecule has 0 spiro atoms. The van der Waals surface area contributed by atoms with Crippen molar-refractivity contribution in [3.05, 3.63) is 58.1 Å². The van der Waals surface area contributed by atoms with E-state index in [0.717, 1.165) is 16.7 Å². The number of hydrogen-bond donors (Lipinski definition) is 1. The number of ether oxygens (including phenoxy) is 1. The lowest BCUT2D eigenvalue weighted by atomic mass is 10.1. The molecule has 34 heavy (non-hydrogen) atoms. The zero-order chi connectivity index (χ0) is 25.0. The minimum atomic E-state index is -4.45. The predicted molar refractivity (Wildman–Crippen MR) is 116 cm³/mol. The summed E-state index contributed by atoms with van der Waals surface area (Å²) in [5.74, 6) is 0.119. The van der Waals surface area contributed by atoms with Crippen LogP contribution < -0.4 is 10.3 Å². The molecule has 8 nitrogen and oxygen atoms in total. The first-order valence-electron chi connectivity index (χ1n) is 10.1. The fourth-order valence-electron chi connectivity index (χ4n) is 3.09. The largest absolute Gasteiger partial charge is 0.416 e. The number of aromatic amines is 1. The van der Waals surface area contributed by atoms with Crippen LogP contribution in [0.15, 0.2) is 40.7 Å². The van der Waals surface area contributed by atoms with Crippen molar-refractivity contribution >= 4 is 23.0 Å². The number of allylic oxidation sites excluding steroid dienone is 1. The summed E-state index contributed by atoms with van der Waals surface area (Å²) in [4.78, 5) is 23.5. The number of fused-ring (bicyclic) bond motifs is 1. The Balaban J connectivity index is 1.80. The molecule has 1 N–H and O–H groups in total. The molecule has 0 amide bonds. The van der Waals surface area contributed by atoms with Crippen molar-refractivity contribution in [3.63, 3.8) is 0 Å². The van der Waals surface area contributed by atoms with Crippen molar-refractivity contribution in [2.75, 3.05) is 7.05 Å². The first-order chi connectivity index (χ1) is 16.0. The molecule has 3 rings (SSSR count). The minimum absolute atomic E-state index is 0.0167.